The number of rotatable bonds is 0. The van der Waals surface area contributed by atoms with Gasteiger partial charge >= 0.3 is 11.4 Å². The van der Waals surface area contributed by atoms with Crippen LogP contribution in [0.15, 0.2) is 9.59 Å². The van der Waals surface area contributed by atoms with Crippen molar-refractivity contribution in [1.82, 2.24) is 14.3 Å². The normalized spacial score (nSPS) is 9.20. The number of nitrogens with zero attached hydrogens (tertiary/aromatic N) is 3. The maximum Gasteiger partial charge on any atom is 0.360 e. The lowest BCUT2D eigenvalue weighted by Gasteiger charge is -1.78. The summed E-state index contributed by atoms with van der Waals surface area (Å²) < 4.78 is 1.37. The number of aromatic amines is 1. The summed E-state index contributed by atoms with van der Waals surface area (Å²) in [4.78, 5) is 21.2. The standard InChI is InChI=1S/C4H4N4O2/c1-7-4(10)8(2-5)3(9)6-7/h1H3,(H,6,9). The van der Waals surface area contributed by atoms with E-state index in [9.17, 15) is 9.59 Å². The van der Waals surface area contributed by atoms with E-state index in [-0.39, 0.29) is 0 Å². The van der Waals surface area contributed by atoms with Gasteiger partial charge in [0.1, 0.15) is 0 Å². The SMILES string of the molecule is Cn1[nH]c(=O)n(C#N)c1=O. The van der Waals surface area contributed by atoms with Gasteiger partial charge in [-0.1, -0.05) is 0 Å². The molecule has 0 aliphatic rings. The summed E-state index contributed by atoms with van der Waals surface area (Å²) in [5, 5.41) is 10.3. The van der Waals surface area contributed by atoms with E-state index >= 15 is 0 Å². The minimum Gasteiger partial charge on any atom is -0.245 e. The van der Waals surface area contributed by atoms with E-state index in [0.29, 0.717) is 4.57 Å². The Labute approximate surface area is 54.9 Å². The zero-order valence-corrected chi connectivity index (χ0v) is 5.16. The molecule has 0 bridgehead atoms. The molecule has 1 N–H and O–H groups in total. The summed E-state index contributed by atoms with van der Waals surface area (Å²) in [5.74, 6) is 0. The molecule has 52 valence electrons. The maximum atomic E-state index is 10.7. The van der Waals surface area contributed by atoms with E-state index in [1.165, 1.54) is 13.2 Å². The molecule has 6 nitrogen and oxygen atoms in total. The third-order valence-corrected chi connectivity index (χ3v) is 1.04. The Morgan fingerprint density at radius 2 is 2.20 bits per heavy atom. The van der Waals surface area contributed by atoms with Crippen LogP contribution in [0.25, 0.3) is 0 Å². The fourth-order valence-electron chi connectivity index (χ4n) is 0.566. The van der Waals surface area contributed by atoms with E-state index in [0.717, 1.165) is 4.68 Å². The summed E-state index contributed by atoms with van der Waals surface area (Å²) in [6.07, 6.45) is 1.42. The predicted molar refractivity (Wildman–Crippen MR) is 31.3 cm³/mol. The minimum absolute atomic E-state index is 0.431. The van der Waals surface area contributed by atoms with Crippen LogP contribution in [-0.4, -0.2) is 14.3 Å². The molecular formula is C4H4N4O2. The Kier molecular flexibility index (Phi) is 1.19. The second kappa shape index (κ2) is 1.88. The van der Waals surface area contributed by atoms with Gasteiger partial charge in [-0.05, 0) is 0 Å². The summed E-state index contributed by atoms with van der Waals surface area (Å²) in [6, 6.07) is 0. The van der Waals surface area contributed by atoms with Crippen LogP contribution in [0.1, 0.15) is 0 Å². The third kappa shape index (κ3) is 0.647. The molecule has 0 amide bonds. The van der Waals surface area contributed by atoms with Crippen LogP contribution in [0.5, 0.6) is 0 Å². The van der Waals surface area contributed by atoms with Gasteiger partial charge < -0.3 is 0 Å². The molecule has 0 unspecified atom stereocenters. The van der Waals surface area contributed by atoms with Gasteiger partial charge in [-0.2, -0.15) is 5.26 Å². The van der Waals surface area contributed by atoms with Crippen LogP contribution in [0.4, 0.5) is 0 Å². The number of nitrogens with one attached hydrogen (secondary N) is 1. The van der Waals surface area contributed by atoms with E-state index in [2.05, 4.69) is 5.10 Å². The molecule has 0 aliphatic heterocycles. The highest BCUT2D eigenvalue weighted by molar-refractivity contribution is 4.82. The number of H-pyrrole nitrogens is 1. The summed E-state index contributed by atoms with van der Waals surface area (Å²) in [7, 11) is 1.36. The van der Waals surface area contributed by atoms with Crippen molar-refractivity contribution in [3.05, 3.63) is 21.0 Å². The van der Waals surface area contributed by atoms with Crippen molar-refractivity contribution in [2.24, 2.45) is 7.05 Å². The maximum absolute atomic E-state index is 10.7. The minimum atomic E-state index is -0.713. The molecule has 0 radical (unpaired) electrons. The van der Waals surface area contributed by atoms with Gasteiger partial charge in [0.05, 0.1) is 0 Å². The van der Waals surface area contributed by atoms with Gasteiger partial charge in [0, 0.05) is 7.05 Å². The zero-order valence-electron chi connectivity index (χ0n) is 5.16. The van der Waals surface area contributed by atoms with Crippen LogP contribution >= 0.6 is 0 Å². The Bertz CT molecular complexity index is 387. The monoisotopic (exact) mass is 140 g/mol. The smallest absolute Gasteiger partial charge is 0.245 e. The second-order valence-electron chi connectivity index (χ2n) is 1.69. The first-order valence-corrected chi connectivity index (χ1v) is 2.45. The highest BCUT2D eigenvalue weighted by atomic mass is 16.2. The van der Waals surface area contributed by atoms with Crippen molar-refractivity contribution in [2.75, 3.05) is 0 Å². The van der Waals surface area contributed by atoms with E-state index in [1.54, 1.807) is 0 Å². The Hall–Kier alpha value is -1.77. The van der Waals surface area contributed by atoms with Crippen molar-refractivity contribution < 1.29 is 0 Å². The lowest BCUT2D eigenvalue weighted by molar-refractivity contribution is 0.723. The van der Waals surface area contributed by atoms with Gasteiger partial charge in [-0.15, -0.1) is 4.57 Å². The van der Waals surface area contributed by atoms with Crippen molar-refractivity contribution >= 4 is 0 Å². The van der Waals surface area contributed by atoms with Crippen LogP contribution < -0.4 is 11.4 Å². The molecule has 0 spiro atoms. The number of nitriles is 1. The molecule has 0 aliphatic carbocycles. The highest BCUT2D eigenvalue weighted by Crippen LogP contribution is 1.58. The zero-order chi connectivity index (χ0) is 7.72. The van der Waals surface area contributed by atoms with Gasteiger partial charge in [0.2, 0.25) is 0 Å². The van der Waals surface area contributed by atoms with Gasteiger partial charge in [0.15, 0.2) is 6.19 Å². The average molecular weight is 140 g/mol. The molecule has 0 atom stereocenters. The third-order valence-electron chi connectivity index (χ3n) is 1.04. The highest BCUT2D eigenvalue weighted by Gasteiger charge is 2.02. The number of aromatic nitrogens is 3. The number of aryl methyl sites for hydroxylation is 1. The van der Waals surface area contributed by atoms with Crippen LogP contribution in [0.2, 0.25) is 0 Å². The molecule has 0 fully saturated rings. The molecule has 1 aromatic heterocycles. The van der Waals surface area contributed by atoms with E-state index in [4.69, 9.17) is 5.26 Å². The van der Waals surface area contributed by atoms with Crippen molar-refractivity contribution in [2.45, 2.75) is 0 Å². The number of hydrogen-bond donors (Lipinski definition) is 1. The largest absolute Gasteiger partial charge is 0.360 e. The lowest BCUT2D eigenvalue weighted by Crippen LogP contribution is -2.24. The molecule has 0 saturated carbocycles. The average Bonchev–Trinajstić information content (AvgIpc) is 2.09. The Morgan fingerprint density at radius 1 is 1.60 bits per heavy atom. The fraction of sp³-hybridized carbons (Fsp3) is 0.250. The second-order valence-corrected chi connectivity index (χ2v) is 1.69. The number of hydrogen-bond acceptors (Lipinski definition) is 3. The molecular weight excluding hydrogens is 136 g/mol. The lowest BCUT2D eigenvalue weighted by atomic mass is 11.0. The molecule has 1 aromatic rings. The Morgan fingerprint density at radius 3 is 2.40 bits per heavy atom. The first kappa shape index (κ1) is 6.35. The van der Waals surface area contributed by atoms with Crippen molar-refractivity contribution in [3.63, 3.8) is 0 Å². The van der Waals surface area contributed by atoms with Crippen LogP contribution in [0.3, 0.4) is 0 Å². The van der Waals surface area contributed by atoms with E-state index < -0.39 is 11.4 Å². The first-order chi connectivity index (χ1) is 4.66. The van der Waals surface area contributed by atoms with E-state index in [1.807, 2.05) is 0 Å². The summed E-state index contributed by atoms with van der Waals surface area (Å²) in [5.41, 5.74) is -1.37. The molecule has 0 saturated heterocycles. The van der Waals surface area contributed by atoms with Crippen molar-refractivity contribution in [1.29, 1.82) is 5.26 Å². The molecule has 6 heteroatoms. The summed E-state index contributed by atoms with van der Waals surface area (Å²) in [6.45, 7) is 0. The van der Waals surface area contributed by atoms with Crippen molar-refractivity contribution in [3.8, 4) is 6.19 Å². The van der Waals surface area contributed by atoms with Crippen LogP contribution in [0, 0.1) is 11.5 Å². The molecule has 0 aromatic carbocycles. The van der Waals surface area contributed by atoms with Gasteiger partial charge in [-0.3, -0.25) is 0 Å². The summed E-state index contributed by atoms with van der Waals surface area (Å²) >= 11 is 0. The first-order valence-electron chi connectivity index (χ1n) is 2.45. The molecule has 10 heavy (non-hydrogen) atoms. The topological polar surface area (TPSA) is 83.6 Å². The Balaban J connectivity index is 3.70. The predicted octanol–water partition coefficient (Wildman–Crippen LogP) is -1.80. The quantitative estimate of drug-likeness (QED) is 0.461. The molecule has 1 heterocycles. The molecule has 1 rings (SSSR count). The van der Waals surface area contributed by atoms with Gasteiger partial charge in [-0.25, -0.2) is 19.4 Å². The fourth-order valence-corrected chi connectivity index (χ4v) is 0.566. The van der Waals surface area contributed by atoms with Crippen LogP contribution in [-0.2, 0) is 7.05 Å². The van der Waals surface area contributed by atoms with Gasteiger partial charge in [0.25, 0.3) is 0 Å².